The fourth-order valence-corrected chi connectivity index (χ4v) is 4.32. The summed E-state index contributed by atoms with van der Waals surface area (Å²) in [6, 6.07) is 7.67. The Morgan fingerprint density at radius 3 is 2.47 bits per heavy atom. The monoisotopic (exact) mass is 502 g/mol. The van der Waals surface area contributed by atoms with Gasteiger partial charge >= 0.3 is 0 Å². The first kappa shape index (κ1) is 24.1. The fourth-order valence-electron chi connectivity index (χ4n) is 4.32. The first-order chi connectivity index (χ1) is 17.3. The Kier molecular flexibility index (Phi) is 6.30. The Bertz CT molecular complexity index is 1370. The minimum absolute atomic E-state index is 0.0288. The van der Waals surface area contributed by atoms with E-state index >= 15 is 0 Å². The second kappa shape index (κ2) is 9.43. The third kappa shape index (κ3) is 4.05. The normalized spacial score (nSPS) is 24.2. The van der Waals surface area contributed by atoms with Gasteiger partial charge in [0.2, 0.25) is 0 Å². The molecule has 3 N–H and O–H groups in total. The van der Waals surface area contributed by atoms with Crippen LogP contribution in [0.3, 0.4) is 0 Å². The minimum Gasteiger partial charge on any atom is -0.394 e. The average molecular weight is 502 g/mol. The number of ether oxygens (including phenoxy) is 1. The van der Waals surface area contributed by atoms with Gasteiger partial charge in [-0.3, -0.25) is 0 Å². The van der Waals surface area contributed by atoms with E-state index in [1.807, 2.05) is 31.2 Å². The molecule has 1 saturated heterocycles. The fraction of sp³-hybridized carbons (Fsp3) is 0.304. The van der Waals surface area contributed by atoms with Crippen molar-refractivity contribution in [2.24, 2.45) is 0 Å². The second-order valence-electron chi connectivity index (χ2n) is 8.40. The Morgan fingerprint density at radius 2 is 1.78 bits per heavy atom. The summed E-state index contributed by atoms with van der Waals surface area (Å²) < 4.78 is 49.2. The molecule has 188 valence electrons. The van der Waals surface area contributed by atoms with Crippen molar-refractivity contribution in [2.45, 2.75) is 37.4 Å². The van der Waals surface area contributed by atoms with Crippen LogP contribution in [0.15, 0.2) is 48.9 Å². The third-order valence-electron chi connectivity index (χ3n) is 6.16. The Labute approximate surface area is 202 Å². The van der Waals surface area contributed by atoms with Crippen molar-refractivity contribution < 1.29 is 33.2 Å². The van der Waals surface area contributed by atoms with E-state index in [0.29, 0.717) is 5.69 Å². The molecular weight excluding hydrogens is 481 g/mol. The second-order valence-corrected chi connectivity index (χ2v) is 8.40. The van der Waals surface area contributed by atoms with E-state index in [0.717, 1.165) is 22.4 Å². The molecule has 4 aromatic rings. The highest BCUT2D eigenvalue weighted by Crippen LogP contribution is 2.38. The molecule has 10 nitrogen and oxygen atoms in total. The quantitative estimate of drug-likeness (QED) is 0.351. The van der Waals surface area contributed by atoms with Gasteiger partial charge in [-0.05, 0) is 30.7 Å². The average Bonchev–Trinajstić information content (AvgIpc) is 3.53. The molecule has 36 heavy (non-hydrogen) atoms. The number of aryl methyl sites for hydroxylation is 1. The molecule has 2 aromatic heterocycles. The molecule has 5 rings (SSSR count). The molecule has 13 heteroatoms. The van der Waals surface area contributed by atoms with Crippen LogP contribution in [0, 0.1) is 24.4 Å². The maximum Gasteiger partial charge on any atom is 0.194 e. The molecule has 0 spiro atoms. The molecule has 0 aliphatic carbocycles. The van der Waals surface area contributed by atoms with Gasteiger partial charge in [-0.15, -0.1) is 5.10 Å². The van der Waals surface area contributed by atoms with Crippen molar-refractivity contribution in [3.05, 3.63) is 77.8 Å². The lowest BCUT2D eigenvalue weighted by atomic mass is 9.92. The summed E-state index contributed by atoms with van der Waals surface area (Å²) in [5.41, 5.74) is 1.44. The van der Waals surface area contributed by atoms with E-state index in [9.17, 15) is 28.5 Å². The molecule has 2 aromatic carbocycles. The van der Waals surface area contributed by atoms with Crippen molar-refractivity contribution in [1.29, 1.82) is 0 Å². The minimum atomic E-state index is -1.62. The maximum absolute atomic E-state index is 13.7. The number of benzene rings is 2. The number of nitrogens with zero attached hydrogens (tertiary/aromatic N) is 6. The highest BCUT2D eigenvalue weighted by Gasteiger charge is 2.48. The van der Waals surface area contributed by atoms with Crippen LogP contribution in [0.1, 0.15) is 23.5 Å². The topological polar surface area (TPSA) is 131 Å². The van der Waals surface area contributed by atoms with Crippen LogP contribution in [-0.4, -0.2) is 70.0 Å². The molecule has 1 aliphatic rings. The van der Waals surface area contributed by atoms with Crippen LogP contribution in [0.5, 0.6) is 0 Å². The standard InChI is InChI=1S/C23H21F3N6O4/c1-11-4-2-3-5-16(11)32-23(27-10-28-32)22-21(35)19(20(34)17(9-33)36-22)31-8-15(29-30-31)12-6-13(24)18(26)14(25)7-12/h2-8,10,17,19-22,33-35H,9H2,1H3/t17-,19+,20+,21-,22-/m1/s1. The van der Waals surface area contributed by atoms with Gasteiger partial charge in [-0.25, -0.2) is 27.5 Å². The van der Waals surface area contributed by atoms with Crippen molar-refractivity contribution in [1.82, 2.24) is 29.8 Å². The van der Waals surface area contributed by atoms with Crippen LogP contribution >= 0.6 is 0 Å². The summed E-state index contributed by atoms with van der Waals surface area (Å²) in [4.78, 5) is 4.25. The van der Waals surface area contributed by atoms with Crippen LogP contribution in [0.2, 0.25) is 0 Å². The Hall–Kier alpha value is -3.65. The zero-order chi connectivity index (χ0) is 25.6. The van der Waals surface area contributed by atoms with Crippen molar-refractivity contribution in [2.75, 3.05) is 6.61 Å². The van der Waals surface area contributed by atoms with Crippen LogP contribution in [0.4, 0.5) is 13.2 Å². The number of aromatic nitrogens is 6. The summed E-state index contributed by atoms with van der Waals surface area (Å²) in [6.07, 6.45) is -2.65. The van der Waals surface area contributed by atoms with Gasteiger partial charge in [-0.1, -0.05) is 23.4 Å². The summed E-state index contributed by atoms with van der Waals surface area (Å²) in [6.45, 7) is 1.29. The van der Waals surface area contributed by atoms with E-state index in [1.165, 1.54) is 17.2 Å². The van der Waals surface area contributed by atoms with Gasteiger partial charge < -0.3 is 20.1 Å². The van der Waals surface area contributed by atoms with Crippen LogP contribution in [0.25, 0.3) is 16.9 Å². The largest absolute Gasteiger partial charge is 0.394 e. The van der Waals surface area contributed by atoms with Gasteiger partial charge in [0.15, 0.2) is 23.3 Å². The molecule has 3 heterocycles. The van der Waals surface area contributed by atoms with E-state index in [1.54, 1.807) is 0 Å². The number of halogens is 3. The van der Waals surface area contributed by atoms with Gasteiger partial charge in [0.1, 0.15) is 42.5 Å². The molecule has 1 aliphatic heterocycles. The summed E-state index contributed by atoms with van der Waals surface area (Å²) >= 11 is 0. The van der Waals surface area contributed by atoms with Gasteiger partial charge in [-0.2, -0.15) is 5.10 Å². The van der Waals surface area contributed by atoms with Crippen molar-refractivity contribution in [3.8, 4) is 16.9 Å². The SMILES string of the molecule is Cc1ccccc1-n1ncnc1[C@@H]1O[C@H](CO)[C@H](O)[C@H](n2cc(-c3cc(F)c(F)c(F)c3)nn2)[C@H]1O. The van der Waals surface area contributed by atoms with E-state index in [2.05, 4.69) is 20.4 Å². The number of aliphatic hydroxyl groups is 3. The van der Waals surface area contributed by atoms with Gasteiger partial charge in [0.25, 0.3) is 0 Å². The maximum atomic E-state index is 13.7. The van der Waals surface area contributed by atoms with Crippen LogP contribution < -0.4 is 0 Å². The van der Waals surface area contributed by atoms with Crippen molar-refractivity contribution in [3.63, 3.8) is 0 Å². The number of hydrogen-bond acceptors (Lipinski definition) is 8. The van der Waals surface area contributed by atoms with Crippen LogP contribution in [-0.2, 0) is 4.74 Å². The summed E-state index contributed by atoms with van der Waals surface area (Å²) in [5, 5.41) is 44.0. The Morgan fingerprint density at radius 1 is 1.06 bits per heavy atom. The molecule has 5 atom stereocenters. The van der Waals surface area contributed by atoms with Crippen molar-refractivity contribution >= 4 is 0 Å². The zero-order valence-electron chi connectivity index (χ0n) is 18.8. The lowest BCUT2D eigenvalue weighted by Crippen LogP contribution is -2.53. The summed E-state index contributed by atoms with van der Waals surface area (Å²) in [5.74, 6) is -4.20. The lowest BCUT2D eigenvalue weighted by molar-refractivity contribution is -0.210. The summed E-state index contributed by atoms with van der Waals surface area (Å²) in [7, 11) is 0. The molecule has 1 fully saturated rings. The first-order valence-electron chi connectivity index (χ1n) is 10.9. The third-order valence-corrected chi connectivity index (χ3v) is 6.16. The predicted molar refractivity (Wildman–Crippen MR) is 117 cm³/mol. The molecular formula is C23H21F3N6O4. The highest BCUT2D eigenvalue weighted by atomic mass is 19.2. The molecule has 0 unspecified atom stereocenters. The molecule has 0 bridgehead atoms. The number of hydrogen-bond donors (Lipinski definition) is 3. The number of rotatable bonds is 5. The van der Waals surface area contributed by atoms with Gasteiger partial charge in [0.05, 0.1) is 18.5 Å². The molecule has 0 amide bonds. The van der Waals surface area contributed by atoms with E-state index in [4.69, 9.17) is 4.74 Å². The first-order valence-corrected chi connectivity index (χ1v) is 10.9. The number of aliphatic hydroxyl groups excluding tert-OH is 3. The zero-order valence-corrected chi connectivity index (χ0v) is 18.8. The predicted octanol–water partition coefficient (Wildman–Crippen LogP) is 1.65. The Balaban J connectivity index is 1.52. The highest BCUT2D eigenvalue weighted by molar-refractivity contribution is 5.58. The van der Waals surface area contributed by atoms with E-state index in [-0.39, 0.29) is 17.1 Å². The van der Waals surface area contributed by atoms with Gasteiger partial charge in [0, 0.05) is 5.56 Å². The van der Waals surface area contributed by atoms with E-state index < -0.39 is 54.5 Å². The smallest absolute Gasteiger partial charge is 0.194 e. The number of para-hydroxylation sites is 1. The molecule has 0 saturated carbocycles. The lowest BCUT2D eigenvalue weighted by Gasteiger charge is -2.41. The molecule has 0 radical (unpaired) electrons.